The summed E-state index contributed by atoms with van der Waals surface area (Å²) in [5.41, 5.74) is 0.856. The largest absolute Gasteiger partial charge is 0.352 e. The van der Waals surface area contributed by atoms with Gasteiger partial charge in [-0.05, 0) is 26.2 Å². The summed E-state index contributed by atoms with van der Waals surface area (Å²) in [6, 6.07) is 0. The average Bonchev–Trinajstić information content (AvgIpc) is 3.02. The summed E-state index contributed by atoms with van der Waals surface area (Å²) in [5, 5.41) is 5.29. The summed E-state index contributed by atoms with van der Waals surface area (Å²) in [7, 11) is 1.90. The quantitative estimate of drug-likeness (QED) is 0.778. The molecule has 1 amide bonds. The highest BCUT2D eigenvalue weighted by atomic mass is 16.2. The van der Waals surface area contributed by atoms with Crippen molar-refractivity contribution in [2.24, 2.45) is 13.0 Å². The van der Waals surface area contributed by atoms with Crippen molar-refractivity contribution >= 4 is 22.8 Å². The highest BCUT2D eigenvalue weighted by molar-refractivity contribution is 5.87. The minimum atomic E-state index is 0.169. The van der Waals surface area contributed by atoms with Gasteiger partial charge in [0.15, 0.2) is 5.65 Å². The SMILES string of the molecule is Cc1nc(N2CCN(C(=O)[C@H]3CC=CCC3)CC2)c2cnn(C)c2n1. The number of hydrogen-bond acceptors (Lipinski definition) is 5. The zero-order valence-electron chi connectivity index (χ0n) is 14.9. The van der Waals surface area contributed by atoms with Crippen molar-refractivity contribution in [3.63, 3.8) is 0 Å². The van der Waals surface area contributed by atoms with E-state index < -0.39 is 0 Å². The van der Waals surface area contributed by atoms with E-state index in [4.69, 9.17) is 0 Å². The number of rotatable bonds is 2. The van der Waals surface area contributed by atoms with Crippen LogP contribution in [0.25, 0.3) is 11.0 Å². The summed E-state index contributed by atoms with van der Waals surface area (Å²) < 4.78 is 1.78. The molecule has 0 N–H and O–H groups in total. The van der Waals surface area contributed by atoms with Crippen LogP contribution in [-0.2, 0) is 11.8 Å². The molecule has 2 aromatic rings. The van der Waals surface area contributed by atoms with Gasteiger partial charge in [0, 0.05) is 39.1 Å². The number of aromatic nitrogens is 4. The van der Waals surface area contributed by atoms with Gasteiger partial charge in [-0.25, -0.2) is 9.97 Å². The van der Waals surface area contributed by atoms with Gasteiger partial charge in [0.2, 0.25) is 5.91 Å². The van der Waals surface area contributed by atoms with Gasteiger partial charge in [-0.2, -0.15) is 5.10 Å². The number of fused-ring (bicyclic) bond motifs is 1. The molecule has 0 spiro atoms. The molecule has 0 saturated carbocycles. The van der Waals surface area contributed by atoms with Gasteiger partial charge in [-0.3, -0.25) is 9.48 Å². The van der Waals surface area contributed by atoms with Crippen LogP contribution >= 0.6 is 0 Å². The molecule has 0 aromatic carbocycles. The second-order valence-corrected chi connectivity index (χ2v) is 6.89. The predicted molar refractivity (Wildman–Crippen MR) is 96.3 cm³/mol. The van der Waals surface area contributed by atoms with E-state index in [0.717, 1.165) is 68.1 Å². The Bertz CT molecular complexity index is 818. The lowest BCUT2D eigenvalue weighted by Gasteiger charge is -2.37. The minimum absolute atomic E-state index is 0.169. The lowest BCUT2D eigenvalue weighted by molar-refractivity contribution is -0.136. The molecule has 1 fully saturated rings. The van der Waals surface area contributed by atoms with E-state index in [1.54, 1.807) is 4.68 Å². The van der Waals surface area contributed by atoms with Crippen LogP contribution in [0.1, 0.15) is 25.1 Å². The Morgan fingerprint density at radius 2 is 1.96 bits per heavy atom. The number of carbonyl (C=O) groups is 1. The number of aryl methyl sites for hydroxylation is 2. The molecule has 1 aliphatic carbocycles. The molecule has 1 atom stereocenters. The fourth-order valence-corrected chi connectivity index (χ4v) is 3.77. The third kappa shape index (κ3) is 2.99. The van der Waals surface area contributed by atoms with Crippen molar-refractivity contribution in [1.82, 2.24) is 24.6 Å². The monoisotopic (exact) mass is 340 g/mol. The Hall–Kier alpha value is -2.44. The lowest BCUT2D eigenvalue weighted by Crippen LogP contribution is -2.50. The molecule has 0 radical (unpaired) electrons. The fourth-order valence-electron chi connectivity index (χ4n) is 3.77. The number of hydrogen-bond donors (Lipinski definition) is 0. The van der Waals surface area contributed by atoms with Gasteiger partial charge in [-0.1, -0.05) is 12.2 Å². The molecule has 4 rings (SSSR count). The molecule has 7 heteroatoms. The van der Waals surface area contributed by atoms with Crippen molar-refractivity contribution in [2.75, 3.05) is 31.1 Å². The van der Waals surface area contributed by atoms with Crippen LogP contribution in [0.15, 0.2) is 18.3 Å². The Morgan fingerprint density at radius 3 is 2.68 bits per heavy atom. The van der Waals surface area contributed by atoms with Crippen molar-refractivity contribution in [2.45, 2.75) is 26.2 Å². The average molecular weight is 340 g/mol. The Labute approximate surface area is 147 Å². The van der Waals surface area contributed by atoms with Crippen molar-refractivity contribution in [3.05, 3.63) is 24.2 Å². The molecule has 132 valence electrons. The van der Waals surface area contributed by atoms with E-state index in [1.165, 1.54) is 0 Å². The molecule has 25 heavy (non-hydrogen) atoms. The molecule has 2 aliphatic rings. The lowest BCUT2D eigenvalue weighted by atomic mass is 9.93. The van der Waals surface area contributed by atoms with Gasteiger partial charge < -0.3 is 9.80 Å². The first-order valence-corrected chi connectivity index (χ1v) is 8.98. The fraction of sp³-hybridized carbons (Fsp3) is 0.556. The van der Waals surface area contributed by atoms with Crippen molar-refractivity contribution < 1.29 is 4.79 Å². The number of nitrogens with zero attached hydrogens (tertiary/aromatic N) is 6. The van der Waals surface area contributed by atoms with Crippen LogP contribution in [0, 0.1) is 12.8 Å². The summed E-state index contributed by atoms with van der Waals surface area (Å²) in [6.45, 7) is 5.02. The first kappa shape index (κ1) is 16.1. The third-order valence-electron chi connectivity index (χ3n) is 5.19. The van der Waals surface area contributed by atoms with Gasteiger partial charge in [-0.15, -0.1) is 0 Å². The number of piperazine rings is 1. The molecule has 2 aromatic heterocycles. The van der Waals surface area contributed by atoms with Crippen LogP contribution in [0.5, 0.6) is 0 Å². The summed E-state index contributed by atoms with van der Waals surface area (Å²) in [4.78, 5) is 26.1. The molecule has 3 heterocycles. The smallest absolute Gasteiger partial charge is 0.226 e. The van der Waals surface area contributed by atoms with Gasteiger partial charge >= 0.3 is 0 Å². The molecular formula is C18H24N6O. The van der Waals surface area contributed by atoms with E-state index >= 15 is 0 Å². The van der Waals surface area contributed by atoms with Crippen molar-refractivity contribution in [3.8, 4) is 0 Å². The topological polar surface area (TPSA) is 67.2 Å². The number of anilines is 1. The molecule has 1 aliphatic heterocycles. The van der Waals surface area contributed by atoms with Crippen LogP contribution in [0.4, 0.5) is 5.82 Å². The maximum absolute atomic E-state index is 12.7. The van der Waals surface area contributed by atoms with Crippen molar-refractivity contribution in [1.29, 1.82) is 0 Å². The van der Waals surface area contributed by atoms with E-state index in [-0.39, 0.29) is 5.92 Å². The second-order valence-electron chi connectivity index (χ2n) is 6.89. The Balaban J connectivity index is 1.49. The molecular weight excluding hydrogens is 316 g/mol. The first-order valence-electron chi connectivity index (χ1n) is 8.98. The first-order chi connectivity index (χ1) is 12.1. The maximum Gasteiger partial charge on any atom is 0.226 e. The van der Waals surface area contributed by atoms with Gasteiger partial charge in [0.1, 0.15) is 11.6 Å². The highest BCUT2D eigenvalue weighted by Gasteiger charge is 2.28. The highest BCUT2D eigenvalue weighted by Crippen LogP contribution is 2.26. The third-order valence-corrected chi connectivity index (χ3v) is 5.19. The van der Waals surface area contributed by atoms with Crippen LogP contribution < -0.4 is 4.90 Å². The maximum atomic E-state index is 12.7. The van der Waals surface area contributed by atoms with E-state index in [0.29, 0.717) is 5.91 Å². The molecule has 7 nitrogen and oxygen atoms in total. The number of amides is 1. The number of allylic oxidation sites excluding steroid dienone is 2. The van der Waals surface area contributed by atoms with Gasteiger partial charge in [0.25, 0.3) is 0 Å². The van der Waals surface area contributed by atoms with Crippen LogP contribution in [0.2, 0.25) is 0 Å². The molecule has 0 unspecified atom stereocenters. The van der Waals surface area contributed by atoms with E-state index in [1.807, 2.05) is 25.1 Å². The standard InChI is InChI=1S/C18H24N6O/c1-13-20-16-15(12-19-22(16)2)17(21-13)23-8-10-24(11-9-23)18(25)14-6-4-3-5-7-14/h3-4,12,14H,5-11H2,1-2H3/t14-/m0/s1. The van der Waals surface area contributed by atoms with Crippen LogP contribution in [0.3, 0.4) is 0 Å². The Morgan fingerprint density at radius 1 is 1.16 bits per heavy atom. The van der Waals surface area contributed by atoms with E-state index in [9.17, 15) is 4.79 Å². The number of carbonyl (C=O) groups excluding carboxylic acids is 1. The van der Waals surface area contributed by atoms with Gasteiger partial charge in [0.05, 0.1) is 11.6 Å². The Kier molecular flexibility index (Phi) is 4.15. The second kappa shape index (κ2) is 6.46. The normalized spacial score (nSPS) is 21.1. The zero-order valence-corrected chi connectivity index (χ0v) is 14.9. The predicted octanol–water partition coefficient (Wildman–Crippen LogP) is 1.68. The van der Waals surface area contributed by atoms with E-state index in [2.05, 4.69) is 32.1 Å². The summed E-state index contributed by atoms with van der Waals surface area (Å²) >= 11 is 0. The molecule has 1 saturated heterocycles. The zero-order chi connectivity index (χ0) is 17.4. The summed E-state index contributed by atoms with van der Waals surface area (Å²) in [5.74, 6) is 2.17. The summed E-state index contributed by atoms with van der Waals surface area (Å²) in [6.07, 6.45) is 9.05. The molecule has 0 bridgehead atoms. The van der Waals surface area contributed by atoms with Crippen LogP contribution in [-0.4, -0.2) is 56.7 Å². The minimum Gasteiger partial charge on any atom is -0.352 e.